The Hall–Kier alpha value is -1.24. The van der Waals surface area contributed by atoms with Crippen molar-refractivity contribution in [2.45, 2.75) is 33.2 Å². The van der Waals surface area contributed by atoms with Crippen molar-refractivity contribution in [3.63, 3.8) is 0 Å². The van der Waals surface area contributed by atoms with Gasteiger partial charge in [0.2, 0.25) is 5.91 Å². The first-order chi connectivity index (χ1) is 9.24. The van der Waals surface area contributed by atoms with Crippen LogP contribution < -0.4 is 0 Å². The minimum atomic E-state index is -1.16. The van der Waals surface area contributed by atoms with Crippen molar-refractivity contribution < 1.29 is 24.2 Å². The molecular weight excluding hydrogens is 282 g/mol. The molecule has 0 saturated carbocycles. The Labute approximate surface area is 124 Å². The van der Waals surface area contributed by atoms with E-state index in [1.54, 1.807) is 6.92 Å². The van der Waals surface area contributed by atoms with E-state index in [-0.39, 0.29) is 11.7 Å². The second kappa shape index (κ2) is 8.84. The molecule has 0 fully saturated rings. The first kappa shape index (κ1) is 18.8. The highest BCUT2D eigenvalue weighted by molar-refractivity contribution is 7.80. The zero-order chi connectivity index (χ0) is 15.9. The number of aliphatic carboxylic acids is 1. The Bertz CT molecular complexity index is 359. The third kappa shape index (κ3) is 5.81. The standard InChI is InChI=1S/C13H23NO5S/c1-8(2)5-10(13(18)19-4)14(6-11(15)16)12(17)9(3)7-20/h8-10,20H,5-7H2,1-4H3,(H,15,16)/t9?,10-/m1/s1. The molecule has 0 bridgehead atoms. The fraction of sp³-hybridized carbons (Fsp3) is 0.769. The van der Waals surface area contributed by atoms with Crippen molar-refractivity contribution in [2.24, 2.45) is 11.8 Å². The SMILES string of the molecule is COC(=O)[C@@H](CC(C)C)N(CC(=O)O)C(=O)C(C)CS. The fourth-order valence-electron chi connectivity index (χ4n) is 1.78. The van der Waals surface area contributed by atoms with E-state index in [0.29, 0.717) is 6.42 Å². The molecule has 0 aromatic rings. The average Bonchev–Trinajstić information content (AvgIpc) is 2.39. The van der Waals surface area contributed by atoms with Gasteiger partial charge < -0.3 is 14.7 Å². The number of amides is 1. The molecule has 0 spiro atoms. The molecule has 0 aromatic carbocycles. The first-order valence-corrected chi connectivity index (χ1v) is 7.08. The third-order valence-corrected chi connectivity index (χ3v) is 3.38. The molecule has 0 heterocycles. The molecule has 0 aliphatic heterocycles. The average molecular weight is 305 g/mol. The zero-order valence-corrected chi connectivity index (χ0v) is 13.2. The molecule has 7 heteroatoms. The highest BCUT2D eigenvalue weighted by Crippen LogP contribution is 2.16. The lowest BCUT2D eigenvalue weighted by Crippen LogP contribution is -2.50. The predicted octanol–water partition coefficient (Wildman–Crippen LogP) is 1.05. The maximum Gasteiger partial charge on any atom is 0.328 e. The lowest BCUT2D eigenvalue weighted by Gasteiger charge is -2.31. The van der Waals surface area contributed by atoms with Crippen molar-refractivity contribution in [2.75, 3.05) is 19.4 Å². The molecule has 6 nitrogen and oxygen atoms in total. The topological polar surface area (TPSA) is 83.9 Å². The highest BCUT2D eigenvalue weighted by Gasteiger charge is 2.34. The van der Waals surface area contributed by atoms with Crippen LogP contribution in [0, 0.1) is 11.8 Å². The van der Waals surface area contributed by atoms with Crippen molar-refractivity contribution in [1.29, 1.82) is 0 Å². The zero-order valence-electron chi connectivity index (χ0n) is 12.3. The van der Waals surface area contributed by atoms with Crippen molar-refractivity contribution in [3.05, 3.63) is 0 Å². The molecule has 116 valence electrons. The van der Waals surface area contributed by atoms with E-state index in [2.05, 4.69) is 12.6 Å². The van der Waals surface area contributed by atoms with Crippen LogP contribution >= 0.6 is 12.6 Å². The number of carbonyl (C=O) groups excluding carboxylic acids is 2. The highest BCUT2D eigenvalue weighted by atomic mass is 32.1. The number of carboxylic acid groups (broad SMARTS) is 1. The number of hydrogen-bond acceptors (Lipinski definition) is 5. The van der Waals surface area contributed by atoms with Crippen LogP contribution in [0.2, 0.25) is 0 Å². The van der Waals surface area contributed by atoms with E-state index in [9.17, 15) is 14.4 Å². The van der Waals surface area contributed by atoms with Gasteiger partial charge in [0.25, 0.3) is 0 Å². The number of methoxy groups -OCH3 is 1. The summed E-state index contributed by atoms with van der Waals surface area (Å²) < 4.78 is 4.69. The second-order valence-corrected chi connectivity index (χ2v) is 5.48. The third-order valence-electron chi connectivity index (χ3n) is 2.83. The van der Waals surface area contributed by atoms with Gasteiger partial charge in [-0.05, 0) is 12.3 Å². The summed E-state index contributed by atoms with van der Waals surface area (Å²) in [5.41, 5.74) is 0. The van der Waals surface area contributed by atoms with Gasteiger partial charge >= 0.3 is 11.9 Å². The lowest BCUT2D eigenvalue weighted by molar-refractivity contribution is -0.158. The molecule has 1 unspecified atom stereocenters. The van der Waals surface area contributed by atoms with Crippen LogP contribution in [0.4, 0.5) is 0 Å². The molecule has 0 radical (unpaired) electrons. The number of carboxylic acids is 1. The number of nitrogens with zero attached hydrogens (tertiary/aromatic N) is 1. The van der Waals surface area contributed by atoms with Gasteiger partial charge in [0, 0.05) is 11.7 Å². The molecule has 0 saturated heterocycles. The van der Waals surface area contributed by atoms with E-state index < -0.39 is 36.4 Å². The van der Waals surface area contributed by atoms with Crippen LogP contribution in [-0.2, 0) is 19.1 Å². The quantitative estimate of drug-likeness (QED) is 0.517. The monoisotopic (exact) mass is 305 g/mol. The van der Waals surface area contributed by atoms with Gasteiger partial charge in [-0.1, -0.05) is 20.8 Å². The van der Waals surface area contributed by atoms with E-state index in [1.807, 2.05) is 13.8 Å². The van der Waals surface area contributed by atoms with Gasteiger partial charge in [0.15, 0.2) is 0 Å². The van der Waals surface area contributed by atoms with Gasteiger partial charge in [-0.25, -0.2) is 4.79 Å². The normalized spacial score (nSPS) is 13.7. The summed E-state index contributed by atoms with van der Waals surface area (Å²) in [4.78, 5) is 36.2. The minimum absolute atomic E-state index is 0.120. The van der Waals surface area contributed by atoms with Crippen LogP contribution in [0.1, 0.15) is 27.2 Å². The smallest absolute Gasteiger partial charge is 0.328 e. The maximum absolute atomic E-state index is 12.3. The summed E-state index contributed by atoms with van der Waals surface area (Å²) >= 11 is 4.04. The molecule has 0 aliphatic carbocycles. The van der Waals surface area contributed by atoms with Gasteiger partial charge in [-0.15, -0.1) is 0 Å². The van der Waals surface area contributed by atoms with Gasteiger partial charge in [0.05, 0.1) is 7.11 Å². The van der Waals surface area contributed by atoms with Crippen molar-refractivity contribution in [1.82, 2.24) is 4.90 Å². The second-order valence-electron chi connectivity index (χ2n) is 5.11. The van der Waals surface area contributed by atoms with Crippen molar-refractivity contribution in [3.8, 4) is 0 Å². The Balaban J connectivity index is 5.34. The van der Waals surface area contributed by atoms with Crippen LogP contribution in [0.15, 0.2) is 0 Å². The molecule has 1 amide bonds. The summed E-state index contributed by atoms with van der Waals surface area (Å²) in [7, 11) is 1.22. The lowest BCUT2D eigenvalue weighted by atomic mass is 10.0. The Morgan fingerprint density at radius 3 is 2.15 bits per heavy atom. The molecular formula is C13H23NO5S. The number of thiol groups is 1. The molecule has 0 aliphatic rings. The number of ether oxygens (including phenoxy) is 1. The fourth-order valence-corrected chi connectivity index (χ4v) is 1.94. The van der Waals surface area contributed by atoms with E-state index >= 15 is 0 Å². The molecule has 1 N–H and O–H groups in total. The Kier molecular flexibility index (Phi) is 8.29. The van der Waals surface area contributed by atoms with Crippen LogP contribution in [-0.4, -0.2) is 53.3 Å². The summed E-state index contributed by atoms with van der Waals surface area (Å²) in [6.45, 7) is 4.90. The number of rotatable bonds is 8. The number of carbonyl (C=O) groups is 3. The van der Waals surface area contributed by atoms with E-state index in [0.717, 1.165) is 4.90 Å². The molecule has 0 aromatic heterocycles. The first-order valence-electron chi connectivity index (χ1n) is 6.45. The number of esters is 1. The maximum atomic E-state index is 12.3. The Morgan fingerprint density at radius 1 is 1.25 bits per heavy atom. The summed E-state index contributed by atoms with van der Waals surface area (Å²) in [5, 5.41) is 8.96. The van der Waals surface area contributed by atoms with Crippen LogP contribution in [0.3, 0.4) is 0 Å². The van der Waals surface area contributed by atoms with Crippen LogP contribution in [0.25, 0.3) is 0 Å². The predicted molar refractivity (Wildman–Crippen MR) is 77.6 cm³/mol. The van der Waals surface area contributed by atoms with Crippen molar-refractivity contribution >= 4 is 30.5 Å². The molecule has 20 heavy (non-hydrogen) atoms. The van der Waals surface area contributed by atoms with E-state index in [1.165, 1.54) is 7.11 Å². The summed E-state index contributed by atoms with van der Waals surface area (Å²) in [6, 6.07) is -0.883. The van der Waals surface area contributed by atoms with Crippen LogP contribution in [0.5, 0.6) is 0 Å². The Morgan fingerprint density at radius 2 is 1.80 bits per heavy atom. The summed E-state index contributed by atoms with van der Waals surface area (Å²) in [6.07, 6.45) is 0.352. The minimum Gasteiger partial charge on any atom is -0.480 e. The molecule has 0 rings (SSSR count). The number of hydrogen-bond donors (Lipinski definition) is 2. The van der Waals surface area contributed by atoms with Gasteiger partial charge in [-0.2, -0.15) is 12.6 Å². The molecule has 2 atom stereocenters. The summed E-state index contributed by atoms with van der Waals surface area (Å²) in [5.74, 6) is -2.23. The van der Waals surface area contributed by atoms with E-state index in [4.69, 9.17) is 9.84 Å². The van der Waals surface area contributed by atoms with Gasteiger partial charge in [-0.3, -0.25) is 9.59 Å². The van der Waals surface area contributed by atoms with Gasteiger partial charge in [0.1, 0.15) is 12.6 Å². The largest absolute Gasteiger partial charge is 0.480 e.